The number of carbonyl (C=O) groups excluding carboxylic acids is 2. The van der Waals surface area contributed by atoms with Crippen molar-refractivity contribution in [3.63, 3.8) is 0 Å². The number of likely N-dealkylation sites (N-methyl/N-ethyl adjacent to an activating group) is 1. The summed E-state index contributed by atoms with van der Waals surface area (Å²) in [6, 6.07) is 7.74. The Labute approximate surface area is 144 Å². The maximum atomic E-state index is 12.1. The quantitative estimate of drug-likeness (QED) is 0.867. The van der Waals surface area contributed by atoms with E-state index in [1.165, 1.54) is 5.56 Å². The molecule has 1 atom stereocenters. The smallest absolute Gasteiger partial charge is 0.251 e. The highest BCUT2D eigenvalue weighted by molar-refractivity contribution is 5.96. The Morgan fingerprint density at radius 2 is 1.88 bits per heavy atom. The molecule has 0 spiro atoms. The molecule has 5 heteroatoms. The van der Waals surface area contributed by atoms with Crippen LogP contribution in [0, 0.1) is 0 Å². The van der Waals surface area contributed by atoms with Crippen LogP contribution in [0.25, 0.3) is 0 Å². The van der Waals surface area contributed by atoms with E-state index in [-0.39, 0.29) is 29.8 Å². The van der Waals surface area contributed by atoms with E-state index in [1.807, 2.05) is 24.3 Å². The van der Waals surface area contributed by atoms with Crippen molar-refractivity contribution >= 4 is 11.8 Å². The van der Waals surface area contributed by atoms with Crippen LogP contribution in [0.2, 0.25) is 0 Å². The van der Waals surface area contributed by atoms with Gasteiger partial charge in [0.25, 0.3) is 5.91 Å². The number of carbonyl (C=O) groups is 2. The zero-order valence-corrected chi connectivity index (χ0v) is 15.2. The van der Waals surface area contributed by atoms with Gasteiger partial charge in [-0.1, -0.05) is 39.8 Å². The third-order valence-electron chi connectivity index (χ3n) is 4.51. The molecule has 1 aliphatic heterocycles. The third kappa shape index (κ3) is 5.06. The summed E-state index contributed by atoms with van der Waals surface area (Å²) >= 11 is 0. The lowest BCUT2D eigenvalue weighted by molar-refractivity contribution is -0.120. The van der Waals surface area contributed by atoms with Gasteiger partial charge in [-0.15, -0.1) is 0 Å². The molecule has 0 unspecified atom stereocenters. The van der Waals surface area contributed by atoms with Crippen molar-refractivity contribution < 1.29 is 9.59 Å². The molecule has 2 rings (SSSR count). The van der Waals surface area contributed by atoms with Gasteiger partial charge in [-0.05, 0) is 36.1 Å². The van der Waals surface area contributed by atoms with Crippen molar-refractivity contribution in [1.29, 1.82) is 0 Å². The molecule has 2 N–H and O–H groups in total. The number of nitrogens with one attached hydrogen (secondary N) is 2. The van der Waals surface area contributed by atoms with Crippen molar-refractivity contribution in [1.82, 2.24) is 15.5 Å². The summed E-state index contributed by atoms with van der Waals surface area (Å²) < 4.78 is 0. The first-order valence-corrected chi connectivity index (χ1v) is 8.70. The van der Waals surface area contributed by atoms with E-state index >= 15 is 0 Å². The molecular formula is C19H29N3O2. The molecule has 0 aromatic heterocycles. The van der Waals surface area contributed by atoms with Gasteiger partial charge >= 0.3 is 0 Å². The number of hydrogen-bond donors (Lipinski definition) is 2. The predicted octanol–water partition coefficient (Wildman–Crippen LogP) is 1.92. The van der Waals surface area contributed by atoms with E-state index < -0.39 is 0 Å². The van der Waals surface area contributed by atoms with Crippen LogP contribution in [-0.2, 0) is 10.2 Å². The van der Waals surface area contributed by atoms with Crippen LogP contribution in [0.3, 0.4) is 0 Å². The Morgan fingerprint density at radius 1 is 1.21 bits per heavy atom. The maximum absolute atomic E-state index is 12.1. The largest absolute Gasteiger partial charge is 0.350 e. The molecule has 24 heavy (non-hydrogen) atoms. The average Bonchev–Trinajstić information content (AvgIpc) is 2.99. The summed E-state index contributed by atoms with van der Waals surface area (Å²) in [6.45, 7) is 11.5. The van der Waals surface area contributed by atoms with Crippen molar-refractivity contribution in [2.45, 2.75) is 45.6 Å². The second-order valence-electron chi connectivity index (χ2n) is 7.46. The Bertz CT molecular complexity index is 575. The fraction of sp³-hybridized carbons (Fsp3) is 0.579. The molecule has 0 saturated carbocycles. The fourth-order valence-electron chi connectivity index (χ4n) is 2.90. The van der Waals surface area contributed by atoms with Crippen molar-refractivity contribution in [2.24, 2.45) is 0 Å². The number of rotatable bonds is 5. The highest BCUT2D eigenvalue weighted by atomic mass is 16.2. The summed E-state index contributed by atoms with van der Waals surface area (Å²) in [7, 11) is 0. The number of amides is 2. The molecule has 0 bridgehead atoms. The van der Waals surface area contributed by atoms with Gasteiger partial charge in [-0.3, -0.25) is 9.59 Å². The van der Waals surface area contributed by atoms with Gasteiger partial charge in [-0.25, -0.2) is 0 Å². The molecule has 1 saturated heterocycles. The zero-order valence-electron chi connectivity index (χ0n) is 15.2. The first-order chi connectivity index (χ1) is 11.3. The molecule has 1 heterocycles. The van der Waals surface area contributed by atoms with Gasteiger partial charge < -0.3 is 15.5 Å². The van der Waals surface area contributed by atoms with Crippen LogP contribution in [-0.4, -0.2) is 48.9 Å². The SMILES string of the molecule is CCN1CC[C@@H](NC(=O)CNC(=O)c2ccc(C(C)(C)C)cc2)C1. The standard InChI is InChI=1S/C19H29N3O2/c1-5-22-11-10-16(13-22)21-17(23)12-20-18(24)14-6-8-15(9-7-14)19(2,3)4/h6-9,16H,5,10-13H2,1-4H3,(H,20,24)(H,21,23)/t16-/m1/s1. The second-order valence-corrected chi connectivity index (χ2v) is 7.46. The van der Waals surface area contributed by atoms with Crippen LogP contribution >= 0.6 is 0 Å². The second kappa shape index (κ2) is 7.79. The first-order valence-electron chi connectivity index (χ1n) is 8.70. The summed E-state index contributed by atoms with van der Waals surface area (Å²) in [4.78, 5) is 26.4. The van der Waals surface area contributed by atoms with E-state index in [4.69, 9.17) is 0 Å². The molecule has 1 aliphatic rings. The minimum atomic E-state index is -0.216. The maximum Gasteiger partial charge on any atom is 0.251 e. The number of benzene rings is 1. The molecule has 0 aliphatic carbocycles. The van der Waals surface area contributed by atoms with Gasteiger partial charge in [0.15, 0.2) is 0 Å². The van der Waals surface area contributed by atoms with Crippen LogP contribution in [0.4, 0.5) is 0 Å². The highest BCUT2D eigenvalue weighted by Crippen LogP contribution is 2.22. The Hall–Kier alpha value is -1.88. The van der Waals surface area contributed by atoms with E-state index in [1.54, 1.807) is 0 Å². The van der Waals surface area contributed by atoms with Gasteiger partial charge in [0.2, 0.25) is 5.91 Å². The lowest BCUT2D eigenvalue weighted by Gasteiger charge is -2.19. The van der Waals surface area contributed by atoms with Gasteiger partial charge in [0, 0.05) is 24.7 Å². The van der Waals surface area contributed by atoms with E-state index in [9.17, 15) is 9.59 Å². The molecular weight excluding hydrogens is 302 g/mol. The molecule has 1 fully saturated rings. The summed E-state index contributed by atoms with van der Waals surface area (Å²) in [6.07, 6.45) is 0.974. The van der Waals surface area contributed by atoms with Crippen LogP contribution in [0.1, 0.15) is 50.0 Å². The molecule has 132 valence electrons. The molecule has 5 nitrogen and oxygen atoms in total. The molecule has 0 radical (unpaired) electrons. The Balaban J connectivity index is 1.79. The lowest BCUT2D eigenvalue weighted by atomic mass is 9.87. The normalized spacial score (nSPS) is 18.4. The first kappa shape index (κ1) is 18.5. The van der Waals surface area contributed by atoms with E-state index in [0.29, 0.717) is 5.56 Å². The van der Waals surface area contributed by atoms with E-state index in [0.717, 1.165) is 26.1 Å². The number of hydrogen-bond acceptors (Lipinski definition) is 3. The minimum absolute atomic E-state index is 0.0163. The Kier molecular flexibility index (Phi) is 5.99. The van der Waals surface area contributed by atoms with Gasteiger partial charge in [0.05, 0.1) is 6.54 Å². The molecule has 1 aromatic rings. The van der Waals surface area contributed by atoms with Crippen LogP contribution < -0.4 is 10.6 Å². The highest BCUT2D eigenvalue weighted by Gasteiger charge is 2.22. The van der Waals surface area contributed by atoms with Crippen molar-refractivity contribution in [2.75, 3.05) is 26.2 Å². The number of nitrogens with zero attached hydrogens (tertiary/aromatic N) is 1. The summed E-state index contributed by atoms with van der Waals surface area (Å²) in [5.74, 6) is -0.343. The monoisotopic (exact) mass is 331 g/mol. The average molecular weight is 331 g/mol. The number of likely N-dealkylation sites (tertiary alicyclic amines) is 1. The zero-order chi connectivity index (χ0) is 17.7. The predicted molar refractivity (Wildman–Crippen MR) is 96.1 cm³/mol. The lowest BCUT2D eigenvalue weighted by Crippen LogP contribution is -2.43. The summed E-state index contributed by atoms with van der Waals surface area (Å²) in [5, 5.41) is 5.68. The van der Waals surface area contributed by atoms with Crippen LogP contribution in [0.5, 0.6) is 0 Å². The van der Waals surface area contributed by atoms with E-state index in [2.05, 4.69) is 43.2 Å². The van der Waals surface area contributed by atoms with Gasteiger partial charge in [-0.2, -0.15) is 0 Å². The van der Waals surface area contributed by atoms with Crippen molar-refractivity contribution in [3.8, 4) is 0 Å². The van der Waals surface area contributed by atoms with Crippen molar-refractivity contribution in [3.05, 3.63) is 35.4 Å². The fourth-order valence-corrected chi connectivity index (χ4v) is 2.90. The topological polar surface area (TPSA) is 61.4 Å². The van der Waals surface area contributed by atoms with Crippen LogP contribution in [0.15, 0.2) is 24.3 Å². The summed E-state index contributed by atoms with van der Waals surface area (Å²) in [5.41, 5.74) is 1.81. The molecule has 1 aromatic carbocycles. The third-order valence-corrected chi connectivity index (χ3v) is 4.51. The molecule has 2 amide bonds. The minimum Gasteiger partial charge on any atom is -0.350 e. The Morgan fingerprint density at radius 3 is 2.42 bits per heavy atom. The van der Waals surface area contributed by atoms with Gasteiger partial charge in [0.1, 0.15) is 0 Å².